The molecule has 206 valence electrons. The third-order valence-corrected chi connectivity index (χ3v) is 7.14. The van der Waals surface area contributed by atoms with E-state index in [2.05, 4.69) is 28.8 Å². The Hall–Kier alpha value is -2.49. The van der Waals surface area contributed by atoms with Gasteiger partial charge in [-0.1, -0.05) is 90.6 Å². The molecule has 9 heteroatoms. The number of nitrogens with one attached hydrogen (secondary N) is 2. The van der Waals surface area contributed by atoms with Gasteiger partial charge in [-0.2, -0.15) is 0 Å². The number of ether oxygens (including phenoxy) is 1. The Labute approximate surface area is 219 Å². The number of pyridine rings is 1. The molecule has 0 aliphatic carbocycles. The maximum absolute atomic E-state index is 12.5. The largest absolute Gasteiger partial charge is 0.394 e. The van der Waals surface area contributed by atoms with Gasteiger partial charge in [0.15, 0.2) is 11.7 Å². The van der Waals surface area contributed by atoms with Crippen LogP contribution in [0, 0.1) is 0 Å². The number of anilines is 1. The van der Waals surface area contributed by atoms with Crippen LogP contribution in [0.1, 0.15) is 103 Å². The van der Waals surface area contributed by atoms with Crippen molar-refractivity contribution in [3.8, 4) is 0 Å². The molecular formula is C28H44N4O5. The summed E-state index contributed by atoms with van der Waals surface area (Å²) in [7, 11) is 0. The first-order chi connectivity index (χ1) is 18.0. The monoisotopic (exact) mass is 516 g/mol. The quantitative estimate of drug-likeness (QED) is 0.174. The average Bonchev–Trinajstić information content (AvgIpc) is 3.42. The lowest BCUT2D eigenvalue weighted by molar-refractivity contribution is -0.116. The topological polar surface area (TPSA) is 129 Å². The first-order valence-electron chi connectivity index (χ1n) is 14.0. The summed E-state index contributed by atoms with van der Waals surface area (Å²) in [6.07, 6.45) is 15.5. The summed E-state index contributed by atoms with van der Waals surface area (Å²) in [5, 5.41) is 22.4. The summed E-state index contributed by atoms with van der Waals surface area (Å²) >= 11 is 0. The lowest BCUT2D eigenvalue weighted by atomic mass is 10.0. The molecule has 1 aliphatic heterocycles. The van der Waals surface area contributed by atoms with Crippen molar-refractivity contribution in [2.24, 2.45) is 0 Å². The van der Waals surface area contributed by atoms with E-state index >= 15 is 0 Å². The van der Waals surface area contributed by atoms with Crippen LogP contribution in [0.5, 0.6) is 0 Å². The number of aromatic nitrogens is 3. The fourth-order valence-electron chi connectivity index (χ4n) is 4.91. The van der Waals surface area contributed by atoms with Crippen LogP contribution in [0.2, 0.25) is 0 Å². The normalized spacial score (nSPS) is 19.6. The number of nitrogens with zero attached hydrogens (tertiary/aromatic N) is 2. The molecule has 1 aliphatic rings. The van der Waals surface area contributed by atoms with Gasteiger partial charge < -0.3 is 25.3 Å². The van der Waals surface area contributed by atoms with Gasteiger partial charge in [-0.25, -0.2) is 4.98 Å². The molecule has 1 fully saturated rings. The lowest BCUT2D eigenvalue weighted by Gasteiger charge is -2.15. The van der Waals surface area contributed by atoms with Crippen molar-refractivity contribution in [1.82, 2.24) is 14.5 Å². The predicted octanol–water partition coefficient (Wildman–Crippen LogP) is 4.95. The summed E-state index contributed by atoms with van der Waals surface area (Å²) in [6.45, 7) is 5.76. The zero-order valence-electron chi connectivity index (χ0n) is 22.2. The number of imidazole rings is 1. The summed E-state index contributed by atoms with van der Waals surface area (Å²) < 4.78 is 7.28. The maximum atomic E-state index is 12.5. The van der Waals surface area contributed by atoms with Gasteiger partial charge in [0.25, 0.3) is 5.56 Å². The van der Waals surface area contributed by atoms with Crippen LogP contribution in [0.3, 0.4) is 0 Å². The van der Waals surface area contributed by atoms with Crippen LogP contribution < -0.4 is 10.9 Å². The highest BCUT2D eigenvalue weighted by molar-refractivity contribution is 5.91. The molecule has 1 saturated heterocycles. The molecule has 2 aromatic rings. The van der Waals surface area contributed by atoms with Gasteiger partial charge in [0, 0.05) is 18.1 Å². The van der Waals surface area contributed by atoms with Crippen LogP contribution in [0.25, 0.3) is 11.0 Å². The zero-order chi connectivity index (χ0) is 26.6. The van der Waals surface area contributed by atoms with Gasteiger partial charge in [0.05, 0.1) is 18.5 Å². The van der Waals surface area contributed by atoms with Crippen LogP contribution in [0.15, 0.2) is 29.3 Å². The molecule has 2 aromatic heterocycles. The van der Waals surface area contributed by atoms with E-state index in [1.807, 2.05) is 0 Å². The number of carbonyl (C=O) groups is 1. The third kappa shape index (κ3) is 8.25. The number of hydrogen-bond donors (Lipinski definition) is 4. The Balaban J connectivity index is 1.39. The summed E-state index contributed by atoms with van der Waals surface area (Å²) in [4.78, 5) is 31.8. The molecule has 0 bridgehead atoms. The number of carbonyl (C=O) groups excluding carboxylic acids is 1. The number of aromatic amines is 1. The number of amides is 1. The number of unbranched alkanes of at least 4 members (excludes halogenated alkanes) is 12. The number of hydrogen-bond acceptors (Lipinski definition) is 6. The molecule has 9 nitrogen and oxygen atoms in total. The van der Waals surface area contributed by atoms with Crippen molar-refractivity contribution in [3.05, 3.63) is 34.9 Å². The standard InChI is InChI=1S/C28H44N4O5/c1-3-4-5-6-7-8-9-10-11-12-13-14-15-16-24(34)30-23-17-21-25(27(36)31-23)29-19-32(21)28-20(2)26(35)22(18-33)37-28/h17,19,22,26,28,33,35H,2-16,18H2,1H3,(H2,30,31,34,36)/t22-,26+,28+/m1/s1. The second-order valence-corrected chi connectivity index (χ2v) is 10.2. The predicted molar refractivity (Wildman–Crippen MR) is 145 cm³/mol. The van der Waals surface area contributed by atoms with Gasteiger partial charge in [-0.15, -0.1) is 0 Å². The van der Waals surface area contributed by atoms with E-state index in [4.69, 9.17) is 4.74 Å². The van der Waals surface area contributed by atoms with Gasteiger partial charge in [-0.3, -0.25) is 14.2 Å². The molecule has 4 N–H and O–H groups in total. The Kier molecular flexibility index (Phi) is 11.8. The van der Waals surface area contributed by atoms with Gasteiger partial charge >= 0.3 is 0 Å². The van der Waals surface area contributed by atoms with Gasteiger partial charge in [0.2, 0.25) is 5.91 Å². The number of H-pyrrole nitrogens is 1. The van der Waals surface area contributed by atoms with Crippen molar-refractivity contribution >= 4 is 22.8 Å². The molecule has 3 heterocycles. The van der Waals surface area contributed by atoms with Crippen molar-refractivity contribution in [2.45, 2.75) is 115 Å². The third-order valence-electron chi connectivity index (χ3n) is 7.14. The van der Waals surface area contributed by atoms with Crippen LogP contribution >= 0.6 is 0 Å². The summed E-state index contributed by atoms with van der Waals surface area (Å²) in [6, 6.07) is 1.63. The Morgan fingerprint density at radius 1 is 1.08 bits per heavy atom. The molecule has 3 atom stereocenters. The Bertz CT molecular complexity index is 1060. The van der Waals surface area contributed by atoms with E-state index in [0.717, 1.165) is 19.3 Å². The van der Waals surface area contributed by atoms with E-state index in [1.165, 1.54) is 70.5 Å². The van der Waals surface area contributed by atoms with E-state index in [0.29, 0.717) is 17.5 Å². The number of fused-ring (bicyclic) bond motifs is 1. The number of aliphatic hydroxyl groups is 2. The summed E-state index contributed by atoms with van der Waals surface area (Å²) in [5.41, 5.74) is 0.562. The molecular weight excluding hydrogens is 472 g/mol. The molecule has 0 saturated carbocycles. The first kappa shape index (κ1) is 29.1. The van der Waals surface area contributed by atoms with Gasteiger partial charge in [0.1, 0.15) is 18.0 Å². The highest BCUT2D eigenvalue weighted by Gasteiger charge is 2.38. The fourth-order valence-corrected chi connectivity index (χ4v) is 4.91. The molecule has 0 unspecified atom stereocenters. The molecule has 0 radical (unpaired) electrons. The van der Waals surface area contributed by atoms with E-state index < -0.39 is 24.0 Å². The number of rotatable bonds is 17. The molecule has 0 aromatic carbocycles. The Morgan fingerprint density at radius 2 is 1.68 bits per heavy atom. The van der Waals surface area contributed by atoms with E-state index in [1.54, 1.807) is 10.6 Å². The van der Waals surface area contributed by atoms with E-state index in [-0.39, 0.29) is 23.8 Å². The Morgan fingerprint density at radius 3 is 2.24 bits per heavy atom. The SMILES string of the molecule is C=C1[C@H](O)[C@@H](CO)O[C@@H]1n1cnc2c(=O)[nH]c(NC(=O)CCCCCCCCCCCCCCC)cc21. The van der Waals surface area contributed by atoms with Crippen LogP contribution in [-0.2, 0) is 9.53 Å². The van der Waals surface area contributed by atoms with Crippen molar-refractivity contribution < 1.29 is 19.7 Å². The molecule has 3 rings (SSSR count). The molecule has 37 heavy (non-hydrogen) atoms. The lowest BCUT2D eigenvalue weighted by Crippen LogP contribution is -2.25. The van der Waals surface area contributed by atoms with Crippen molar-refractivity contribution in [3.63, 3.8) is 0 Å². The smallest absolute Gasteiger partial charge is 0.277 e. The van der Waals surface area contributed by atoms with Crippen molar-refractivity contribution in [1.29, 1.82) is 0 Å². The van der Waals surface area contributed by atoms with Gasteiger partial charge in [-0.05, 0) is 6.42 Å². The van der Waals surface area contributed by atoms with Crippen molar-refractivity contribution in [2.75, 3.05) is 11.9 Å². The van der Waals surface area contributed by atoms with E-state index in [9.17, 15) is 19.8 Å². The molecule has 0 spiro atoms. The maximum Gasteiger partial charge on any atom is 0.277 e. The zero-order valence-corrected chi connectivity index (χ0v) is 22.2. The van der Waals surface area contributed by atoms with Crippen LogP contribution in [-0.4, -0.2) is 49.5 Å². The van der Waals surface area contributed by atoms with Crippen LogP contribution in [0.4, 0.5) is 5.82 Å². The number of aliphatic hydroxyl groups excluding tert-OH is 2. The minimum atomic E-state index is -1.02. The first-order valence-corrected chi connectivity index (χ1v) is 14.0. The summed E-state index contributed by atoms with van der Waals surface area (Å²) in [5.74, 6) is 0.128. The second kappa shape index (κ2) is 15.1. The average molecular weight is 517 g/mol. The fraction of sp³-hybridized carbons (Fsp3) is 0.679. The minimum absolute atomic E-state index is 0.151. The minimum Gasteiger partial charge on any atom is -0.394 e. The highest BCUT2D eigenvalue weighted by Crippen LogP contribution is 2.34. The second-order valence-electron chi connectivity index (χ2n) is 10.2. The highest BCUT2D eigenvalue weighted by atomic mass is 16.5. The molecule has 1 amide bonds.